The van der Waals surface area contributed by atoms with Crippen LogP contribution in [-0.4, -0.2) is 39.7 Å². The molecule has 2 heterocycles. The Balaban J connectivity index is 1.78. The molecule has 0 saturated heterocycles. The molecule has 1 aliphatic heterocycles. The summed E-state index contributed by atoms with van der Waals surface area (Å²) in [4.78, 5) is 19.2. The van der Waals surface area contributed by atoms with Gasteiger partial charge in [-0.25, -0.2) is 4.98 Å². The fourth-order valence-corrected chi connectivity index (χ4v) is 2.32. The fraction of sp³-hybridized carbons (Fsp3) is 0.692. The van der Waals surface area contributed by atoms with E-state index in [0.29, 0.717) is 31.8 Å². The standard InChI is InChI=1S/C13H22N4O2/c1-8(2)3-9(18)5-15-13(19)11-4-10-12(6-14-11)17-7-16-10/h7-9,11,14,18H,3-6H2,1-2H3,(H,15,19)(H,16,17). The SMILES string of the molecule is CC(C)CC(O)CNC(=O)C1Cc2nc[nH]c2CN1. The van der Waals surface area contributed by atoms with Crippen molar-refractivity contribution in [1.82, 2.24) is 20.6 Å². The second kappa shape index (κ2) is 6.16. The molecule has 0 aliphatic carbocycles. The molecule has 4 N–H and O–H groups in total. The predicted octanol–water partition coefficient (Wildman–Crippen LogP) is -0.0528. The summed E-state index contributed by atoms with van der Waals surface area (Å²) in [5.74, 6) is 0.350. The number of rotatable bonds is 5. The molecule has 0 aromatic carbocycles. The maximum Gasteiger partial charge on any atom is 0.237 e. The minimum Gasteiger partial charge on any atom is -0.391 e. The van der Waals surface area contributed by atoms with E-state index in [9.17, 15) is 9.90 Å². The van der Waals surface area contributed by atoms with Gasteiger partial charge in [-0.15, -0.1) is 0 Å². The first kappa shape index (κ1) is 14.0. The van der Waals surface area contributed by atoms with Gasteiger partial charge >= 0.3 is 0 Å². The van der Waals surface area contributed by atoms with Crippen molar-refractivity contribution in [2.45, 2.75) is 45.4 Å². The molecule has 1 amide bonds. The number of aliphatic hydroxyl groups excluding tert-OH is 1. The fourth-order valence-electron chi connectivity index (χ4n) is 2.32. The Bertz CT molecular complexity index is 430. The van der Waals surface area contributed by atoms with Crippen molar-refractivity contribution in [3.63, 3.8) is 0 Å². The molecule has 19 heavy (non-hydrogen) atoms. The summed E-state index contributed by atoms with van der Waals surface area (Å²) in [5.41, 5.74) is 1.99. The quantitative estimate of drug-likeness (QED) is 0.601. The first-order valence-corrected chi connectivity index (χ1v) is 6.76. The number of aliphatic hydroxyl groups is 1. The minimum atomic E-state index is -0.478. The van der Waals surface area contributed by atoms with Crippen LogP contribution in [0.5, 0.6) is 0 Å². The number of amides is 1. The third-order valence-electron chi connectivity index (χ3n) is 3.30. The van der Waals surface area contributed by atoms with Gasteiger partial charge in [-0.05, 0) is 12.3 Å². The first-order chi connectivity index (χ1) is 9.06. The van der Waals surface area contributed by atoms with Gasteiger partial charge < -0.3 is 15.4 Å². The van der Waals surface area contributed by atoms with Gasteiger partial charge in [0.05, 0.1) is 29.9 Å². The van der Waals surface area contributed by atoms with Crippen molar-refractivity contribution >= 4 is 5.91 Å². The molecule has 1 aromatic heterocycles. The minimum absolute atomic E-state index is 0.0727. The summed E-state index contributed by atoms with van der Waals surface area (Å²) in [7, 11) is 0. The van der Waals surface area contributed by atoms with Crippen molar-refractivity contribution in [2.24, 2.45) is 5.92 Å². The Morgan fingerprint density at radius 2 is 2.42 bits per heavy atom. The number of carbonyl (C=O) groups excluding carboxylic acids is 1. The number of aromatic amines is 1. The van der Waals surface area contributed by atoms with Gasteiger partial charge in [0.25, 0.3) is 0 Å². The third-order valence-corrected chi connectivity index (χ3v) is 3.30. The topological polar surface area (TPSA) is 90.0 Å². The lowest BCUT2D eigenvalue weighted by Crippen LogP contribution is -2.49. The molecule has 1 aliphatic rings. The number of imidazole rings is 1. The molecule has 6 heteroatoms. The molecular formula is C13H22N4O2. The van der Waals surface area contributed by atoms with Crippen molar-refractivity contribution in [3.05, 3.63) is 17.7 Å². The molecule has 0 radical (unpaired) electrons. The number of hydrogen-bond acceptors (Lipinski definition) is 4. The number of carbonyl (C=O) groups is 1. The largest absolute Gasteiger partial charge is 0.391 e. The van der Waals surface area contributed by atoms with Gasteiger partial charge in [0.15, 0.2) is 0 Å². The van der Waals surface area contributed by atoms with Crippen LogP contribution in [0.1, 0.15) is 31.7 Å². The second-order valence-corrected chi connectivity index (χ2v) is 5.49. The van der Waals surface area contributed by atoms with Gasteiger partial charge in [-0.3, -0.25) is 10.1 Å². The van der Waals surface area contributed by atoms with Crippen molar-refractivity contribution in [1.29, 1.82) is 0 Å². The zero-order valence-corrected chi connectivity index (χ0v) is 11.4. The Hall–Kier alpha value is -1.40. The molecule has 2 atom stereocenters. The maximum absolute atomic E-state index is 12.0. The van der Waals surface area contributed by atoms with E-state index in [0.717, 1.165) is 11.4 Å². The summed E-state index contributed by atoms with van der Waals surface area (Å²) >= 11 is 0. The molecule has 6 nitrogen and oxygen atoms in total. The zero-order chi connectivity index (χ0) is 13.8. The van der Waals surface area contributed by atoms with E-state index in [4.69, 9.17) is 0 Å². The van der Waals surface area contributed by atoms with Crippen LogP contribution in [0.3, 0.4) is 0 Å². The van der Waals surface area contributed by atoms with Gasteiger partial charge in [-0.2, -0.15) is 0 Å². The molecule has 2 rings (SSSR count). The smallest absolute Gasteiger partial charge is 0.237 e. The van der Waals surface area contributed by atoms with Crippen LogP contribution in [0.4, 0.5) is 0 Å². The van der Waals surface area contributed by atoms with Crippen LogP contribution in [0.15, 0.2) is 6.33 Å². The Morgan fingerprint density at radius 1 is 1.63 bits per heavy atom. The number of H-pyrrole nitrogens is 1. The molecule has 2 unspecified atom stereocenters. The van der Waals surface area contributed by atoms with E-state index in [1.54, 1.807) is 6.33 Å². The normalized spacial score (nSPS) is 20.1. The molecule has 1 aromatic rings. The lowest BCUT2D eigenvalue weighted by Gasteiger charge is -2.23. The molecule has 0 saturated carbocycles. The van der Waals surface area contributed by atoms with E-state index in [1.165, 1.54) is 0 Å². The highest BCUT2D eigenvalue weighted by Gasteiger charge is 2.25. The molecule has 106 valence electrons. The summed E-state index contributed by atoms with van der Waals surface area (Å²) < 4.78 is 0. The van der Waals surface area contributed by atoms with Gasteiger partial charge in [-0.1, -0.05) is 13.8 Å². The first-order valence-electron chi connectivity index (χ1n) is 6.76. The summed E-state index contributed by atoms with van der Waals surface area (Å²) in [5, 5.41) is 15.7. The number of fused-ring (bicyclic) bond motifs is 1. The lowest BCUT2D eigenvalue weighted by molar-refractivity contribution is -0.123. The van der Waals surface area contributed by atoms with Crippen LogP contribution in [0.2, 0.25) is 0 Å². The van der Waals surface area contributed by atoms with Crippen molar-refractivity contribution < 1.29 is 9.90 Å². The maximum atomic E-state index is 12.0. The van der Waals surface area contributed by atoms with Crippen molar-refractivity contribution in [3.8, 4) is 0 Å². The van der Waals surface area contributed by atoms with Crippen LogP contribution in [-0.2, 0) is 17.8 Å². The highest BCUT2D eigenvalue weighted by Crippen LogP contribution is 2.12. The van der Waals surface area contributed by atoms with Crippen molar-refractivity contribution in [2.75, 3.05) is 6.54 Å². The van der Waals surface area contributed by atoms with E-state index < -0.39 is 6.10 Å². The highest BCUT2D eigenvalue weighted by atomic mass is 16.3. The number of nitrogens with zero attached hydrogens (tertiary/aromatic N) is 1. The average Bonchev–Trinajstić information content (AvgIpc) is 2.82. The van der Waals surface area contributed by atoms with Crippen LogP contribution in [0, 0.1) is 5.92 Å². The highest BCUT2D eigenvalue weighted by molar-refractivity contribution is 5.82. The lowest BCUT2D eigenvalue weighted by atomic mass is 10.0. The molecule has 0 spiro atoms. The molecule has 0 bridgehead atoms. The predicted molar refractivity (Wildman–Crippen MR) is 71.4 cm³/mol. The number of hydrogen-bond donors (Lipinski definition) is 4. The summed E-state index contributed by atoms with van der Waals surface area (Å²) in [6.07, 6.45) is 2.46. The second-order valence-electron chi connectivity index (χ2n) is 5.49. The summed E-state index contributed by atoms with van der Waals surface area (Å²) in [6, 6.07) is -0.262. The monoisotopic (exact) mass is 266 g/mol. The van der Waals surface area contributed by atoms with Crippen LogP contribution < -0.4 is 10.6 Å². The third kappa shape index (κ3) is 3.78. The molecular weight excluding hydrogens is 244 g/mol. The van der Waals surface area contributed by atoms with E-state index >= 15 is 0 Å². The van der Waals surface area contributed by atoms with Gasteiger partial charge in [0.2, 0.25) is 5.91 Å². The average molecular weight is 266 g/mol. The zero-order valence-electron chi connectivity index (χ0n) is 11.4. The van der Waals surface area contributed by atoms with Crippen LogP contribution >= 0.6 is 0 Å². The molecule has 0 fully saturated rings. The number of nitrogens with one attached hydrogen (secondary N) is 3. The summed E-state index contributed by atoms with van der Waals surface area (Å²) in [6.45, 7) is 5.03. The van der Waals surface area contributed by atoms with Gasteiger partial charge in [0, 0.05) is 19.5 Å². The number of aromatic nitrogens is 2. The van der Waals surface area contributed by atoms with E-state index in [1.807, 2.05) is 13.8 Å². The van der Waals surface area contributed by atoms with E-state index in [2.05, 4.69) is 20.6 Å². The Kier molecular flexibility index (Phi) is 4.55. The van der Waals surface area contributed by atoms with Gasteiger partial charge in [0.1, 0.15) is 0 Å². The Labute approximate surface area is 113 Å². The van der Waals surface area contributed by atoms with E-state index in [-0.39, 0.29) is 11.9 Å². The Morgan fingerprint density at radius 3 is 3.16 bits per heavy atom. The van der Waals surface area contributed by atoms with Crippen LogP contribution in [0.25, 0.3) is 0 Å².